The molecule has 0 radical (unpaired) electrons. The molecular formula is C30H42. The first-order valence-corrected chi connectivity index (χ1v) is 11.9. The Morgan fingerprint density at radius 3 is 2.47 bits per heavy atom. The third-order valence-electron chi connectivity index (χ3n) is 6.89. The van der Waals surface area contributed by atoms with Crippen LogP contribution in [0.1, 0.15) is 78.4 Å². The van der Waals surface area contributed by atoms with Crippen molar-refractivity contribution < 1.29 is 0 Å². The van der Waals surface area contributed by atoms with Gasteiger partial charge in [0.25, 0.3) is 0 Å². The Bertz CT molecular complexity index is 918. The Labute approximate surface area is 185 Å². The molecule has 0 heterocycles. The van der Waals surface area contributed by atoms with Gasteiger partial charge in [-0.3, -0.25) is 0 Å². The molecule has 0 aromatic heterocycles. The van der Waals surface area contributed by atoms with Crippen LogP contribution in [0.3, 0.4) is 0 Å². The molecule has 30 heavy (non-hydrogen) atoms. The fraction of sp³-hybridized carbons (Fsp3) is 0.467. The second-order valence-corrected chi connectivity index (χ2v) is 8.69. The first-order chi connectivity index (χ1) is 14.5. The van der Waals surface area contributed by atoms with Crippen molar-refractivity contribution in [2.45, 2.75) is 80.6 Å². The highest BCUT2D eigenvalue weighted by atomic mass is 14.3. The molecule has 2 atom stereocenters. The van der Waals surface area contributed by atoms with Crippen molar-refractivity contribution in [1.82, 2.24) is 0 Å². The van der Waals surface area contributed by atoms with Crippen LogP contribution >= 0.6 is 0 Å². The Hall–Kier alpha value is -2.08. The van der Waals surface area contributed by atoms with Crippen molar-refractivity contribution in [3.63, 3.8) is 0 Å². The lowest BCUT2D eigenvalue weighted by Gasteiger charge is -2.35. The topological polar surface area (TPSA) is 0 Å². The van der Waals surface area contributed by atoms with E-state index in [1.807, 2.05) is 13.8 Å². The summed E-state index contributed by atoms with van der Waals surface area (Å²) in [5, 5.41) is 2.74. The summed E-state index contributed by atoms with van der Waals surface area (Å²) in [6, 6.07) is 13.4. The summed E-state index contributed by atoms with van der Waals surface area (Å²) in [4.78, 5) is 0. The molecule has 1 saturated carbocycles. The summed E-state index contributed by atoms with van der Waals surface area (Å²) in [6.07, 6.45) is 8.23. The SMILES string of the molecule is C=C(CC)C(Cc1ccc2ccccc2c1C)C1CC/C(=C/C)C(=C(C)C)C1.CC. The van der Waals surface area contributed by atoms with Crippen LogP contribution in [-0.2, 0) is 6.42 Å². The molecule has 0 N–H and O–H groups in total. The predicted octanol–water partition coefficient (Wildman–Crippen LogP) is 9.38. The van der Waals surface area contributed by atoms with E-state index in [4.69, 9.17) is 0 Å². The minimum absolute atomic E-state index is 0.567. The average molecular weight is 403 g/mol. The van der Waals surface area contributed by atoms with Crippen LogP contribution in [0.15, 0.2) is 71.3 Å². The van der Waals surface area contributed by atoms with E-state index >= 15 is 0 Å². The molecule has 2 aromatic carbocycles. The molecule has 0 saturated heterocycles. The van der Waals surface area contributed by atoms with E-state index in [1.54, 1.807) is 11.1 Å². The summed E-state index contributed by atoms with van der Waals surface area (Å²) >= 11 is 0. The fourth-order valence-electron chi connectivity index (χ4n) is 5.01. The summed E-state index contributed by atoms with van der Waals surface area (Å²) < 4.78 is 0. The molecule has 1 fully saturated rings. The highest BCUT2D eigenvalue weighted by Gasteiger charge is 2.29. The maximum absolute atomic E-state index is 4.52. The number of aryl methyl sites for hydroxylation is 1. The van der Waals surface area contributed by atoms with Crippen molar-refractivity contribution in [2.24, 2.45) is 11.8 Å². The smallest absolute Gasteiger partial charge is 0.0134 e. The lowest BCUT2D eigenvalue weighted by Crippen LogP contribution is -2.24. The van der Waals surface area contributed by atoms with Crippen molar-refractivity contribution in [1.29, 1.82) is 0 Å². The van der Waals surface area contributed by atoms with Crippen molar-refractivity contribution in [3.8, 4) is 0 Å². The standard InChI is InChI=1S/C28H36.C2H6/c1-7-20(5)28(25-16-13-22(8-2)27(18-25)19(3)4)17-24-15-14-23-11-9-10-12-26(23)21(24)6;1-2/h8-12,14-15,25,28H,5,7,13,16-18H2,1-4,6H3;1-2H3/b22-8-;. The van der Waals surface area contributed by atoms with Gasteiger partial charge in [0.2, 0.25) is 0 Å². The molecule has 3 rings (SSSR count). The molecule has 162 valence electrons. The Morgan fingerprint density at radius 1 is 1.13 bits per heavy atom. The summed E-state index contributed by atoms with van der Waals surface area (Å²) in [6.45, 7) is 19.8. The molecule has 0 heteroatoms. The Morgan fingerprint density at radius 2 is 1.83 bits per heavy atom. The minimum atomic E-state index is 0.567. The van der Waals surface area contributed by atoms with Gasteiger partial charge in [-0.2, -0.15) is 0 Å². The van der Waals surface area contributed by atoms with Crippen molar-refractivity contribution in [3.05, 3.63) is 82.5 Å². The van der Waals surface area contributed by atoms with Crippen LogP contribution in [0.5, 0.6) is 0 Å². The number of fused-ring (bicyclic) bond motifs is 1. The van der Waals surface area contributed by atoms with Crippen LogP contribution in [0.2, 0.25) is 0 Å². The van der Waals surface area contributed by atoms with E-state index in [0.717, 1.165) is 12.8 Å². The Kier molecular flexibility index (Phi) is 9.15. The second kappa shape index (κ2) is 11.3. The van der Waals surface area contributed by atoms with Gasteiger partial charge >= 0.3 is 0 Å². The quantitative estimate of drug-likeness (QED) is 0.437. The van der Waals surface area contributed by atoms with Gasteiger partial charge in [0.05, 0.1) is 0 Å². The molecule has 0 aliphatic heterocycles. The Balaban J connectivity index is 0.00000155. The average Bonchev–Trinajstić information content (AvgIpc) is 2.79. The van der Waals surface area contributed by atoms with Crippen molar-refractivity contribution >= 4 is 10.8 Å². The number of hydrogen-bond donors (Lipinski definition) is 0. The van der Waals surface area contributed by atoms with Gasteiger partial charge in [0.15, 0.2) is 0 Å². The summed E-state index contributed by atoms with van der Waals surface area (Å²) in [5.74, 6) is 1.27. The van der Waals surface area contributed by atoms with Crippen LogP contribution < -0.4 is 0 Å². The van der Waals surface area contributed by atoms with E-state index in [2.05, 4.69) is 83.7 Å². The van der Waals surface area contributed by atoms with Gasteiger partial charge in [0.1, 0.15) is 0 Å². The van der Waals surface area contributed by atoms with Gasteiger partial charge in [0, 0.05) is 0 Å². The van der Waals surface area contributed by atoms with E-state index in [-0.39, 0.29) is 0 Å². The number of rotatable bonds is 5. The number of benzene rings is 2. The van der Waals surface area contributed by atoms with Gasteiger partial charge in [-0.1, -0.05) is 81.0 Å². The normalized spacial score (nSPS) is 18.7. The van der Waals surface area contributed by atoms with E-state index < -0.39 is 0 Å². The van der Waals surface area contributed by atoms with Crippen LogP contribution in [0, 0.1) is 18.8 Å². The first kappa shape index (κ1) is 24.2. The maximum atomic E-state index is 4.52. The van der Waals surface area contributed by atoms with Gasteiger partial charge in [-0.25, -0.2) is 0 Å². The van der Waals surface area contributed by atoms with Gasteiger partial charge in [-0.05, 0) is 105 Å². The zero-order valence-corrected chi connectivity index (χ0v) is 20.4. The van der Waals surface area contributed by atoms with Crippen LogP contribution in [0.25, 0.3) is 10.8 Å². The molecule has 1 aliphatic carbocycles. The molecule has 0 nitrogen and oxygen atoms in total. The maximum Gasteiger partial charge on any atom is -0.0134 e. The third-order valence-corrected chi connectivity index (χ3v) is 6.89. The lowest BCUT2D eigenvalue weighted by molar-refractivity contribution is 0.328. The van der Waals surface area contributed by atoms with E-state index in [0.29, 0.717) is 11.8 Å². The number of hydrogen-bond acceptors (Lipinski definition) is 0. The second-order valence-electron chi connectivity index (χ2n) is 8.69. The third kappa shape index (κ3) is 5.34. The lowest BCUT2D eigenvalue weighted by atomic mass is 9.70. The van der Waals surface area contributed by atoms with Crippen LogP contribution in [0.4, 0.5) is 0 Å². The van der Waals surface area contributed by atoms with Crippen LogP contribution in [-0.4, -0.2) is 0 Å². The zero-order chi connectivity index (χ0) is 22.3. The molecule has 0 amide bonds. The molecule has 2 aromatic rings. The monoisotopic (exact) mass is 402 g/mol. The highest BCUT2D eigenvalue weighted by Crippen LogP contribution is 2.42. The minimum Gasteiger partial charge on any atom is -0.0996 e. The first-order valence-electron chi connectivity index (χ1n) is 11.9. The molecular weight excluding hydrogens is 360 g/mol. The molecule has 0 bridgehead atoms. The summed E-state index contributed by atoms with van der Waals surface area (Å²) in [7, 11) is 0. The summed E-state index contributed by atoms with van der Waals surface area (Å²) in [5.41, 5.74) is 9.02. The van der Waals surface area contributed by atoms with Crippen molar-refractivity contribution in [2.75, 3.05) is 0 Å². The predicted molar refractivity (Wildman–Crippen MR) is 136 cm³/mol. The fourth-order valence-corrected chi connectivity index (χ4v) is 5.01. The largest absolute Gasteiger partial charge is 0.0996 e. The van der Waals surface area contributed by atoms with Gasteiger partial charge < -0.3 is 0 Å². The zero-order valence-electron chi connectivity index (χ0n) is 20.4. The molecule has 1 aliphatic rings. The van der Waals surface area contributed by atoms with E-state index in [1.165, 1.54) is 52.3 Å². The molecule has 0 spiro atoms. The van der Waals surface area contributed by atoms with E-state index in [9.17, 15) is 0 Å². The highest BCUT2D eigenvalue weighted by molar-refractivity contribution is 5.86. The molecule has 2 unspecified atom stereocenters. The number of allylic oxidation sites excluding steroid dienone is 5. The van der Waals surface area contributed by atoms with Gasteiger partial charge in [-0.15, -0.1) is 0 Å².